The Balaban J connectivity index is 5.43. The van der Waals surface area contributed by atoms with Crippen molar-refractivity contribution in [3.8, 4) is 0 Å². The number of carbonyl (C=O) groups excluding carboxylic acids is 2. The van der Waals surface area contributed by atoms with Crippen molar-refractivity contribution >= 4 is 11.8 Å². The molecule has 1 N–H and O–H groups in total. The number of hydrogen-bond donors (Lipinski definition) is 1. The second-order valence-electron chi connectivity index (χ2n) is 7.80. The highest BCUT2D eigenvalue weighted by Gasteiger charge is 2.34. The van der Waals surface area contributed by atoms with Crippen LogP contribution in [0.3, 0.4) is 0 Å². The maximum absolute atomic E-state index is 13.1. The van der Waals surface area contributed by atoms with E-state index in [0.29, 0.717) is 12.5 Å². The smallest absolute Gasteiger partial charge is 0.245 e. The van der Waals surface area contributed by atoms with Gasteiger partial charge in [-0.05, 0) is 32.9 Å². The van der Waals surface area contributed by atoms with Crippen LogP contribution in [0.2, 0.25) is 0 Å². The molecular weight excluding hydrogens is 330 g/mol. The van der Waals surface area contributed by atoms with Crippen LogP contribution in [0.4, 0.5) is 0 Å². The molecule has 0 radical (unpaired) electrons. The maximum Gasteiger partial charge on any atom is 0.245 e. The summed E-state index contributed by atoms with van der Waals surface area (Å²) >= 11 is 0. The van der Waals surface area contributed by atoms with Gasteiger partial charge in [0.2, 0.25) is 11.8 Å². The predicted molar refractivity (Wildman–Crippen MR) is 107 cm³/mol. The fourth-order valence-electron chi connectivity index (χ4n) is 3.13. The van der Waals surface area contributed by atoms with E-state index in [4.69, 9.17) is 4.74 Å². The van der Waals surface area contributed by atoms with Gasteiger partial charge in [0.25, 0.3) is 0 Å². The number of amides is 2. The Morgan fingerprint density at radius 3 is 2.04 bits per heavy atom. The van der Waals surface area contributed by atoms with Crippen molar-refractivity contribution in [1.82, 2.24) is 15.1 Å². The molecule has 0 unspecified atom stereocenters. The van der Waals surface area contributed by atoms with E-state index in [1.807, 2.05) is 34.9 Å². The maximum atomic E-state index is 13.1. The van der Waals surface area contributed by atoms with Crippen LogP contribution in [0.5, 0.6) is 0 Å². The van der Waals surface area contributed by atoms with Crippen LogP contribution >= 0.6 is 0 Å². The van der Waals surface area contributed by atoms with Crippen LogP contribution in [0, 0.1) is 11.8 Å². The lowest BCUT2D eigenvalue weighted by Gasteiger charge is -2.36. The Labute approximate surface area is 159 Å². The van der Waals surface area contributed by atoms with Gasteiger partial charge >= 0.3 is 0 Å². The molecule has 152 valence electrons. The lowest BCUT2D eigenvalue weighted by molar-refractivity contribution is -0.141. The van der Waals surface area contributed by atoms with Gasteiger partial charge in [-0.25, -0.2) is 0 Å². The van der Waals surface area contributed by atoms with E-state index in [1.54, 1.807) is 24.0 Å². The van der Waals surface area contributed by atoms with E-state index in [0.717, 1.165) is 12.0 Å². The number of hydrogen-bond acceptors (Lipinski definition) is 4. The number of likely N-dealkylation sites (N-methyl/N-ethyl adjacent to an activating group) is 2. The topological polar surface area (TPSA) is 61.9 Å². The molecule has 0 aromatic carbocycles. The standard InChI is InChI=1S/C20H39N3O3/c1-11-15(6)16(12-26-10)23(9)20(25)17(13(2)3)21-19(24)18(14(4)5)22(7)8/h13,15-18H,4,11-12H2,1-3,5-10H3,(H,21,24)/t15-,16+,17-,18-/m0/s1. The molecule has 0 aliphatic rings. The first-order valence-corrected chi connectivity index (χ1v) is 9.37. The molecule has 0 aliphatic heterocycles. The summed E-state index contributed by atoms with van der Waals surface area (Å²) in [5.41, 5.74) is 0.743. The summed E-state index contributed by atoms with van der Waals surface area (Å²) in [7, 11) is 7.09. The van der Waals surface area contributed by atoms with Gasteiger partial charge in [0.05, 0.1) is 12.6 Å². The third-order valence-corrected chi connectivity index (χ3v) is 4.95. The van der Waals surface area contributed by atoms with Gasteiger partial charge in [0.1, 0.15) is 12.1 Å². The Morgan fingerprint density at radius 2 is 1.69 bits per heavy atom. The van der Waals surface area contributed by atoms with Gasteiger partial charge in [-0.2, -0.15) is 0 Å². The minimum Gasteiger partial charge on any atom is -0.383 e. The monoisotopic (exact) mass is 369 g/mol. The number of rotatable bonds is 11. The van der Waals surface area contributed by atoms with E-state index in [9.17, 15) is 9.59 Å². The number of ether oxygens (including phenoxy) is 1. The van der Waals surface area contributed by atoms with Crippen LogP contribution in [0.1, 0.15) is 41.0 Å². The second kappa shape index (κ2) is 11.3. The summed E-state index contributed by atoms with van der Waals surface area (Å²) in [4.78, 5) is 29.4. The number of methoxy groups -OCH3 is 1. The second-order valence-corrected chi connectivity index (χ2v) is 7.80. The van der Waals surface area contributed by atoms with Crippen LogP contribution < -0.4 is 5.32 Å². The highest BCUT2D eigenvalue weighted by Crippen LogP contribution is 2.17. The first-order valence-electron chi connectivity index (χ1n) is 9.37. The van der Waals surface area contributed by atoms with E-state index in [2.05, 4.69) is 25.7 Å². The highest BCUT2D eigenvalue weighted by molar-refractivity contribution is 5.91. The molecule has 6 nitrogen and oxygen atoms in total. The molecule has 0 saturated carbocycles. The van der Waals surface area contributed by atoms with Gasteiger partial charge < -0.3 is 15.0 Å². The van der Waals surface area contributed by atoms with Crippen molar-refractivity contribution in [2.75, 3.05) is 34.9 Å². The molecule has 2 amide bonds. The van der Waals surface area contributed by atoms with E-state index in [1.165, 1.54) is 0 Å². The number of carbonyl (C=O) groups is 2. The van der Waals surface area contributed by atoms with Crippen molar-refractivity contribution in [3.63, 3.8) is 0 Å². The molecule has 6 heteroatoms. The molecule has 0 bridgehead atoms. The zero-order valence-corrected chi connectivity index (χ0v) is 18.1. The third kappa shape index (κ3) is 6.72. The lowest BCUT2D eigenvalue weighted by atomic mass is 9.95. The van der Waals surface area contributed by atoms with Crippen LogP contribution in [0.15, 0.2) is 12.2 Å². The van der Waals surface area contributed by atoms with Gasteiger partial charge in [-0.15, -0.1) is 0 Å². The van der Waals surface area contributed by atoms with Crippen LogP contribution in [-0.4, -0.2) is 74.6 Å². The predicted octanol–water partition coefficient (Wildman–Crippen LogP) is 2.15. The summed E-state index contributed by atoms with van der Waals surface area (Å²) in [6.45, 7) is 14.3. The minimum atomic E-state index is -0.585. The zero-order valence-electron chi connectivity index (χ0n) is 18.1. The molecule has 0 saturated heterocycles. The summed E-state index contributed by atoms with van der Waals surface area (Å²) in [6.07, 6.45) is 0.947. The summed E-state index contributed by atoms with van der Waals surface area (Å²) < 4.78 is 5.32. The quantitative estimate of drug-likeness (QED) is 0.567. The largest absolute Gasteiger partial charge is 0.383 e. The average molecular weight is 370 g/mol. The molecule has 0 aliphatic carbocycles. The molecule has 0 aromatic rings. The molecule has 0 aromatic heterocycles. The molecule has 26 heavy (non-hydrogen) atoms. The Bertz CT molecular complexity index is 477. The first-order chi connectivity index (χ1) is 12.0. The molecule has 0 heterocycles. The average Bonchev–Trinajstić information content (AvgIpc) is 2.54. The van der Waals surface area contributed by atoms with Crippen molar-refractivity contribution in [2.24, 2.45) is 11.8 Å². The van der Waals surface area contributed by atoms with Crippen LogP contribution in [0.25, 0.3) is 0 Å². The SMILES string of the molecule is C=C(C)[C@@H](C(=O)N[C@H](C(=O)N(C)[C@H](COC)[C@@H](C)CC)C(C)C)N(C)C. The summed E-state index contributed by atoms with van der Waals surface area (Å²) in [6, 6.07) is -1.07. The van der Waals surface area contributed by atoms with E-state index < -0.39 is 12.1 Å². The first kappa shape index (κ1) is 24.6. The van der Waals surface area contributed by atoms with Crippen molar-refractivity contribution in [3.05, 3.63) is 12.2 Å². The molecular formula is C20H39N3O3. The Hall–Kier alpha value is -1.40. The Kier molecular flexibility index (Phi) is 10.7. The number of nitrogens with one attached hydrogen (secondary N) is 1. The fourth-order valence-corrected chi connectivity index (χ4v) is 3.13. The van der Waals surface area contributed by atoms with Crippen molar-refractivity contribution in [1.29, 1.82) is 0 Å². The van der Waals surface area contributed by atoms with E-state index >= 15 is 0 Å². The summed E-state index contributed by atoms with van der Waals surface area (Å²) in [5, 5.41) is 2.94. The van der Waals surface area contributed by atoms with Crippen molar-refractivity contribution in [2.45, 2.75) is 59.2 Å². The molecule has 0 fully saturated rings. The molecule has 4 atom stereocenters. The van der Waals surface area contributed by atoms with Gasteiger partial charge in [-0.1, -0.05) is 46.3 Å². The van der Waals surface area contributed by atoms with E-state index in [-0.39, 0.29) is 23.8 Å². The van der Waals surface area contributed by atoms with Gasteiger partial charge in [-0.3, -0.25) is 14.5 Å². The number of nitrogens with zero attached hydrogens (tertiary/aromatic N) is 2. The minimum absolute atomic E-state index is 0.0260. The fraction of sp³-hybridized carbons (Fsp3) is 0.800. The lowest BCUT2D eigenvalue weighted by Crippen LogP contribution is -2.57. The summed E-state index contributed by atoms with van der Waals surface area (Å²) in [5.74, 6) is -0.0102. The van der Waals surface area contributed by atoms with Crippen LogP contribution in [-0.2, 0) is 14.3 Å². The third-order valence-electron chi connectivity index (χ3n) is 4.95. The normalized spacial score (nSPS) is 16.1. The Morgan fingerprint density at radius 1 is 1.15 bits per heavy atom. The molecule has 0 spiro atoms. The highest BCUT2D eigenvalue weighted by atomic mass is 16.5. The zero-order chi connectivity index (χ0) is 20.6. The van der Waals surface area contributed by atoms with Crippen molar-refractivity contribution < 1.29 is 14.3 Å². The van der Waals surface area contributed by atoms with Gasteiger partial charge in [0.15, 0.2) is 0 Å². The van der Waals surface area contributed by atoms with Gasteiger partial charge in [0, 0.05) is 14.2 Å². The molecule has 0 rings (SSSR count).